The average molecular weight is 486 g/mol. The lowest BCUT2D eigenvalue weighted by atomic mass is 9.47. The van der Waals surface area contributed by atoms with Crippen LogP contribution in [-0.4, -0.2) is 45.8 Å². The number of rotatable bonds is 5. The fourth-order valence-corrected chi connectivity index (χ4v) is 9.94. The first-order valence-electron chi connectivity index (χ1n) is 15.0. The second kappa shape index (κ2) is 9.46. The molecule has 9 atom stereocenters. The maximum atomic E-state index is 13.1. The summed E-state index contributed by atoms with van der Waals surface area (Å²) >= 11 is 0. The molecule has 1 amide bonds. The molecule has 0 unspecified atom stereocenters. The number of hydrogen-bond donors (Lipinski definition) is 2. The second-order valence-corrected chi connectivity index (χ2v) is 13.9. The van der Waals surface area contributed by atoms with E-state index < -0.39 is 5.60 Å². The van der Waals surface area contributed by atoms with Gasteiger partial charge in [0.05, 0.1) is 11.7 Å². The zero-order chi connectivity index (χ0) is 25.0. The molecule has 0 aromatic rings. The number of likely N-dealkylation sites (tertiary alicyclic amines) is 1. The molecule has 4 aliphatic carbocycles. The zero-order valence-corrected chi connectivity index (χ0v) is 22.9. The Kier molecular flexibility index (Phi) is 6.96. The molecule has 2 N–H and O–H groups in total. The van der Waals surface area contributed by atoms with Gasteiger partial charge in [0.1, 0.15) is 0 Å². The highest BCUT2D eigenvalue weighted by Gasteiger charge is 2.59. The number of aliphatic hydroxyl groups excluding tert-OH is 1. The first kappa shape index (κ1) is 25.8. The SMILES string of the molecule is CC[C@@]1(O)CCCN(C(=O)CC[C@@H](C)[C@H]2CC[C@H]3[C@@H]4CC=C5C[C@@H](O)CC[C@]5(C)[C@H]4CC[C@]23C)C1. The maximum absolute atomic E-state index is 13.1. The molecule has 0 aromatic carbocycles. The molecule has 4 heteroatoms. The van der Waals surface area contributed by atoms with Crippen molar-refractivity contribution in [3.63, 3.8) is 0 Å². The van der Waals surface area contributed by atoms with Crippen LogP contribution < -0.4 is 0 Å². The average Bonchev–Trinajstić information content (AvgIpc) is 3.20. The molecule has 0 radical (unpaired) electrons. The van der Waals surface area contributed by atoms with E-state index in [1.165, 1.54) is 32.1 Å². The molecular weight excluding hydrogens is 434 g/mol. The second-order valence-electron chi connectivity index (χ2n) is 13.9. The molecule has 4 fully saturated rings. The van der Waals surface area contributed by atoms with Crippen LogP contribution in [0.25, 0.3) is 0 Å². The van der Waals surface area contributed by atoms with E-state index >= 15 is 0 Å². The number of β-amino-alcohol motifs (C(OH)–C–C–N with tert-alkyl or cyclic N) is 1. The number of aliphatic hydroxyl groups is 2. The van der Waals surface area contributed by atoms with Gasteiger partial charge in [-0.15, -0.1) is 0 Å². The zero-order valence-electron chi connectivity index (χ0n) is 22.9. The van der Waals surface area contributed by atoms with Crippen molar-refractivity contribution in [1.29, 1.82) is 0 Å². The lowest BCUT2D eigenvalue weighted by Gasteiger charge is -2.58. The Balaban J connectivity index is 1.22. The van der Waals surface area contributed by atoms with E-state index in [1.807, 2.05) is 11.8 Å². The third kappa shape index (κ3) is 4.43. The van der Waals surface area contributed by atoms with Gasteiger partial charge in [0.2, 0.25) is 5.91 Å². The monoisotopic (exact) mass is 485 g/mol. The minimum atomic E-state index is -0.675. The van der Waals surface area contributed by atoms with Gasteiger partial charge in [0.15, 0.2) is 0 Å². The largest absolute Gasteiger partial charge is 0.393 e. The fraction of sp³-hybridized carbons (Fsp3) is 0.903. The molecule has 1 saturated heterocycles. The van der Waals surface area contributed by atoms with Crippen LogP contribution in [0.4, 0.5) is 0 Å². The number of carbonyl (C=O) groups excluding carboxylic acids is 1. The quantitative estimate of drug-likeness (QED) is 0.462. The standard InChI is InChI=1S/C31H51NO3/c1-5-31(35)15-6-18-32(20-31)28(34)12-7-21(2)25-10-11-26-24-9-8-22-19-23(33)13-16-29(22,3)27(24)14-17-30(25,26)4/h8,21,23-27,33,35H,5-7,9-20H2,1-4H3/t21-,23+,24+,25-,26+,27+,29+,30-,31-/m1/s1. The molecular formula is C31H51NO3. The highest BCUT2D eigenvalue weighted by atomic mass is 16.3. The Labute approximate surface area is 213 Å². The summed E-state index contributed by atoms with van der Waals surface area (Å²) < 4.78 is 0. The highest BCUT2D eigenvalue weighted by molar-refractivity contribution is 5.76. The Morgan fingerprint density at radius 3 is 2.71 bits per heavy atom. The van der Waals surface area contributed by atoms with Gasteiger partial charge in [-0.3, -0.25) is 4.79 Å². The Morgan fingerprint density at radius 1 is 1.14 bits per heavy atom. The summed E-state index contributed by atoms with van der Waals surface area (Å²) in [6, 6.07) is 0. The van der Waals surface area contributed by atoms with Crippen LogP contribution in [0.1, 0.15) is 111 Å². The number of piperidine rings is 1. The normalized spacial score (nSPS) is 46.3. The number of hydrogen-bond acceptors (Lipinski definition) is 3. The summed E-state index contributed by atoms with van der Waals surface area (Å²) in [5.41, 5.74) is 1.61. The van der Waals surface area contributed by atoms with Gasteiger partial charge in [0.25, 0.3) is 0 Å². The topological polar surface area (TPSA) is 60.8 Å². The minimum Gasteiger partial charge on any atom is -0.393 e. The molecule has 5 aliphatic rings. The highest BCUT2D eigenvalue weighted by Crippen LogP contribution is 2.67. The van der Waals surface area contributed by atoms with Gasteiger partial charge < -0.3 is 15.1 Å². The maximum Gasteiger partial charge on any atom is 0.222 e. The third-order valence-corrected chi connectivity index (χ3v) is 12.2. The van der Waals surface area contributed by atoms with E-state index in [4.69, 9.17) is 0 Å². The molecule has 4 nitrogen and oxygen atoms in total. The molecule has 5 rings (SSSR count). The molecule has 0 spiro atoms. The van der Waals surface area contributed by atoms with Crippen molar-refractivity contribution in [3.05, 3.63) is 11.6 Å². The van der Waals surface area contributed by atoms with Crippen LogP contribution in [0, 0.1) is 40.4 Å². The van der Waals surface area contributed by atoms with Gasteiger partial charge >= 0.3 is 0 Å². The van der Waals surface area contributed by atoms with Crippen LogP contribution in [0.5, 0.6) is 0 Å². The number of carbonyl (C=O) groups is 1. The number of amides is 1. The van der Waals surface area contributed by atoms with Crippen molar-refractivity contribution in [2.75, 3.05) is 13.1 Å². The molecule has 198 valence electrons. The fourth-order valence-electron chi connectivity index (χ4n) is 9.94. The van der Waals surface area contributed by atoms with Gasteiger partial charge in [-0.05, 0) is 117 Å². The smallest absolute Gasteiger partial charge is 0.222 e. The first-order chi connectivity index (χ1) is 16.6. The van der Waals surface area contributed by atoms with E-state index in [2.05, 4.69) is 26.8 Å². The number of fused-ring (bicyclic) bond motifs is 5. The van der Waals surface area contributed by atoms with Crippen LogP contribution in [0.15, 0.2) is 11.6 Å². The van der Waals surface area contributed by atoms with Gasteiger partial charge in [-0.1, -0.05) is 39.3 Å². The summed E-state index contributed by atoms with van der Waals surface area (Å²) in [6.45, 7) is 10.9. The van der Waals surface area contributed by atoms with Crippen molar-refractivity contribution in [3.8, 4) is 0 Å². The van der Waals surface area contributed by atoms with Crippen molar-refractivity contribution in [2.24, 2.45) is 40.4 Å². The molecule has 0 bridgehead atoms. The predicted octanol–water partition coefficient (Wildman–Crippen LogP) is 6.11. The van der Waals surface area contributed by atoms with Crippen LogP contribution in [0.2, 0.25) is 0 Å². The van der Waals surface area contributed by atoms with Gasteiger partial charge in [-0.25, -0.2) is 0 Å². The Morgan fingerprint density at radius 2 is 1.94 bits per heavy atom. The lowest BCUT2D eigenvalue weighted by molar-refractivity contribution is -0.139. The molecule has 0 aromatic heterocycles. The van der Waals surface area contributed by atoms with Crippen molar-refractivity contribution >= 4 is 5.91 Å². The summed E-state index contributed by atoms with van der Waals surface area (Å²) in [7, 11) is 0. The van der Waals surface area contributed by atoms with Gasteiger partial charge in [0, 0.05) is 19.5 Å². The molecule has 35 heavy (non-hydrogen) atoms. The van der Waals surface area contributed by atoms with E-state index in [1.54, 1.807) is 5.57 Å². The van der Waals surface area contributed by atoms with E-state index in [-0.39, 0.29) is 12.0 Å². The van der Waals surface area contributed by atoms with E-state index in [0.29, 0.717) is 29.7 Å². The summed E-state index contributed by atoms with van der Waals surface area (Å²) in [5.74, 6) is 3.96. The van der Waals surface area contributed by atoms with Crippen LogP contribution in [0.3, 0.4) is 0 Å². The summed E-state index contributed by atoms with van der Waals surface area (Å²) in [5, 5.41) is 21.0. The minimum absolute atomic E-state index is 0.125. The molecule has 1 heterocycles. The van der Waals surface area contributed by atoms with Crippen molar-refractivity contribution in [1.82, 2.24) is 4.90 Å². The number of allylic oxidation sites excluding steroid dienone is 1. The summed E-state index contributed by atoms with van der Waals surface area (Å²) in [6.07, 6.45) is 16.1. The molecule has 1 aliphatic heterocycles. The van der Waals surface area contributed by atoms with E-state index in [9.17, 15) is 15.0 Å². The predicted molar refractivity (Wildman–Crippen MR) is 141 cm³/mol. The molecule has 3 saturated carbocycles. The Bertz CT molecular complexity index is 839. The Hall–Kier alpha value is -0.870. The third-order valence-electron chi connectivity index (χ3n) is 12.2. The first-order valence-corrected chi connectivity index (χ1v) is 15.0. The van der Waals surface area contributed by atoms with E-state index in [0.717, 1.165) is 75.2 Å². The number of nitrogens with zero attached hydrogens (tertiary/aromatic N) is 1. The summed E-state index contributed by atoms with van der Waals surface area (Å²) in [4.78, 5) is 15.0. The van der Waals surface area contributed by atoms with Crippen LogP contribution in [-0.2, 0) is 4.79 Å². The lowest BCUT2D eigenvalue weighted by Crippen LogP contribution is -2.51. The van der Waals surface area contributed by atoms with Crippen molar-refractivity contribution < 1.29 is 15.0 Å². The van der Waals surface area contributed by atoms with Crippen molar-refractivity contribution in [2.45, 2.75) is 123 Å². The van der Waals surface area contributed by atoms with Crippen LogP contribution >= 0.6 is 0 Å². The van der Waals surface area contributed by atoms with Gasteiger partial charge in [-0.2, -0.15) is 0 Å².